The molecule has 3 heterocycles. The lowest BCUT2D eigenvalue weighted by Gasteiger charge is -2.25. The van der Waals surface area contributed by atoms with Gasteiger partial charge in [-0.05, 0) is 92.4 Å². The molecule has 0 fully saturated rings. The quantitative estimate of drug-likeness (QED) is 0.114. The van der Waals surface area contributed by atoms with Crippen LogP contribution in [-0.4, -0.2) is 9.38 Å². The highest BCUT2D eigenvalue weighted by Gasteiger charge is 2.29. The van der Waals surface area contributed by atoms with Crippen molar-refractivity contribution in [3.8, 4) is 11.1 Å². The molecule has 0 saturated heterocycles. The second kappa shape index (κ2) is 9.50. The first-order valence-electron chi connectivity index (χ1n) is 16.3. The van der Waals surface area contributed by atoms with Crippen LogP contribution in [0.3, 0.4) is 0 Å². The van der Waals surface area contributed by atoms with Gasteiger partial charge in [0, 0.05) is 10.8 Å². The van der Waals surface area contributed by atoms with Crippen LogP contribution in [0.15, 0.2) is 85.2 Å². The highest BCUT2D eigenvalue weighted by molar-refractivity contribution is 6.30. The molecule has 8 rings (SSSR count). The smallest absolute Gasteiger partial charge is 0.287 e. The maximum atomic E-state index is 4.97. The molecule has 0 saturated carbocycles. The van der Waals surface area contributed by atoms with Crippen molar-refractivity contribution in [1.29, 1.82) is 0 Å². The molecule has 0 aliphatic rings. The van der Waals surface area contributed by atoms with Crippen LogP contribution in [0.25, 0.3) is 71.0 Å². The summed E-state index contributed by atoms with van der Waals surface area (Å²) in [6, 6.07) is 29.5. The number of rotatable bonds is 3. The number of pyridine rings is 1. The Morgan fingerprint density at radius 3 is 2.16 bits per heavy atom. The third kappa shape index (κ3) is 4.24. The lowest BCUT2D eigenvalue weighted by molar-refractivity contribution is -0.646. The molecule has 0 amide bonds. The second-order valence-corrected chi connectivity index (χ2v) is 15.6. The summed E-state index contributed by atoms with van der Waals surface area (Å²) >= 11 is 0. The first kappa shape index (κ1) is 28.0. The molecule has 224 valence electrons. The molecule has 0 spiro atoms. The van der Waals surface area contributed by atoms with Gasteiger partial charge in [0.2, 0.25) is 0 Å². The van der Waals surface area contributed by atoms with Gasteiger partial charge in [-0.1, -0.05) is 102 Å². The summed E-state index contributed by atoms with van der Waals surface area (Å²) in [6.07, 6.45) is 4.03. The van der Waals surface area contributed by atoms with Gasteiger partial charge >= 0.3 is 0 Å². The normalized spacial score (nSPS) is 13.1. The van der Waals surface area contributed by atoms with E-state index in [1.807, 2.05) is 6.33 Å². The van der Waals surface area contributed by atoms with E-state index in [0.717, 1.165) is 18.4 Å². The van der Waals surface area contributed by atoms with Crippen LogP contribution >= 0.6 is 0 Å². The first-order valence-corrected chi connectivity index (χ1v) is 16.3. The Bertz CT molecular complexity index is 2450. The molecule has 0 unspecified atom stereocenters. The Balaban J connectivity index is 1.68. The van der Waals surface area contributed by atoms with Gasteiger partial charge in [-0.25, -0.2) is 4.57 Å². The van der Waals surface area contributed by atoms with Crippen LogP contribution < -0.4 is 4.57 Å². The van der Waals surface area contributed by atoms with Gasteiger partial charge in [0.15, 0.2) is 5.52 Å². The molecule has 0 aliphatic carbocycles. The zero-order valence-electron chi connectivity index (χ0n) is 27.8. The van der Waals surface area contributed by atoms with Crippen LogP contribution in [0.4, 0.5) is 0 Å². The molecule has 0 aliphatic heterocycles. The lowest BCUT2D eigenvalue weighted by atomic mass is 9.82. The number of aryl methyl sites for hydroxylation is 2. The highest BCUT2D eigenvalue weighted by atomic mass is 15.0. The fourth-order valence-electron chi connectivity index (χ4n) is 7.98. The summed E-state index contributed by atoms with van der Waals surface area (Å²) in [4.78, 5) is 4.97. The fourth-order valence-corrected chi connectivity index (χ4v) is 7.98. The summed E-state index contributed by atoms with van der Waals surface area (Å²) in [5, 5.41) is 7.93. The van der Waals surface area contributed by atoms with Crippen molar-refractivity contribution in [3.63, 3.8) is 0 Å². The van der Waals surface area contributed by atoms with Crippen LogP contribution in [0, 0.1) is 17.8 Å². The second-order valence-electron chi connectivity index (χ2n) is 15.6. The van der Waals surface area contributed by atoms with Gasteiger partial charge in [0.25, 0.3) is 6.33 Å². The lowest BCUT2D eigenvalue weighted by Crippen LogP contribution is -2.30. The van der Waals surface area contributed by atoms with Crippen LogP contribution in [0.2, 0.25) is 0 Å². The topological polar surface area (TPSA) is 21.2 Å². The average molecular weight is 589 g/mol. The number of aromatic nitrogens is 3. The summed E-state index contributed by atoms with van der Waals surface area (Å²) in [7, 11) is 2.17. The van der Waals surface area contributed by atoms with Crippen LogP contribution in [-0.2, 0) is 19.9 Å². The van der Waals surface area contributed by atoms with Crippen molar-refractivity contribution in [2.75, 3.05) is 0 Å². The Morgan fingerprint density at radius 2 is 1.42 bits per heavy atom. The predicted octanol–water partition coefficient (Wildman–Crippen LogP) is 10.5. The minimum Gasteiger partial charge on any atom is -0.307 e. The predicted molar refractivity (Wildman–Crippen MR) is 192 cm³/mol. The van der Waals surface area contributed by atoms with Crippen molar-refractivity contribution in [3.05, 3.63) is 102 Å². The third-order valence-corrected chi connectivity index (χ3v) is 9.59. The van der Waals surface area contributed by atoms with Gasteiger partial charge in [-0.15, -0.1) is 0 Å². The van der Waals surface area contributed by atoms with Gasteiger partial charge < -0.3 is 4.40 Å². The standard InChI is InChI=1S/C42H42N3/c1-25-31-21-26(22-41(2,3)4)17-18-29(31)32(23-42(5,6)7)39-35(25)40-37-33(43-24-44(40)8)20-19-30-36-28(27-13-10-9-11-14-27)15-12-16-34(36)45(39)38(30)37/h9-21,24H,22-23H2,1-8H3/q+1. The van der Waals surface area contributed by atoms with Crippen molar-refractivity contribution < 1.29 is 4.57 Å². The molecule has 3 nitrogen and oxygen atoms in total. The molecular weight excluding hydrogens is 546 g/mol. The highest BCUT2D eigenvalue weighted by Crippen LogP contribution is 2.46. The van der Waals surface area contributed by atoms with E-state index in [4.69, 9.17) is 4.98 Å². The van der Waals surface area contributed by atoms with E-state index in [-0.39, 0.29) is 10.8 Å². The van der Waals surface area contributed by atoms with E-state index in [9.17, 15) is 0 Å². The van der Waals surface area contributed by atoms with Crippen molar-refractivity contribution in [2.45, 2.75) is 61.3 Å². The van der Waals surface area contributed by atoms with Gasteiger partial charge in [-0.3, -0.25) is 0 Å². The monoisotopic (exact) mass is 588 g/mol. The van der Waals surface area contributed by atoms with Gasteiger partial charge in [0.05, 0.1) is 34.4 Å². The van der Waals surface area contributed by atoms with Crippen molar-refractivity contribution in [2.24, 2.45) is 17.9 Å². The number of hydrogen-bond acceptors (Lipinski definition) is 1. The van der Waals surface area contributed by atoms with Crippen molar-refractivity contribution in [1.82, 2.24) is 9.38 Å². The van der Waals surface area contributed by atoms with E-state index in [2.05, 4.69) is 143 Å². The molecule has 0 bridgehead atoms. The summed E-state index contributed by atoms with van der Waals surface area (Å²) in [6.45, 7) is 16.5. The van der Waals surface area contributed by atoms with E-state index in [1.54, 1.807) is 0 Å². The van der Waals surface area contributed by atoms with E-state index >= 15 is 0 Å². The fraction of sp³-hybridized carbons (Fsp3) is 0.286. The molecule has 45 heavy (non-hydrogen) atoms. The molecule has 0 radical (unpaired) electrons. The number of benzene rings is 5. The average Bonchev–Trinajstić information content (AvgIpc) is 3.33. The zero-order chi connectivity index (χ0) is 31.4. The molecule has 5 aromatic carbocycles. The summed E-state index contributed by atoms with van der Waals surface area (Å²) < 4.78 is 4.87. The molecular formula is C42H42N3+. The zero-order valence-corrected chi connectivity index (χ0v) is 27.8. The molecule has 3 heteroatoms. The van der Waals surface area contributed by atoms with E-state index in [1.165, 1.54) is 82.2 Å². The largest absolute Gasteiger partial charge is 0.307 e. The molecule has 0 N–H and O–H groups in total. The maximum Gasteiger partial charge on any atom is 0.287 e. The van der Waals surface area contributed by atoms with Crippen LogP contribution in [0.5, 0.6) is 0 Å². The number of fused-ring (bicyclic) bond motifs is 7. The first-order chi connectivity index (χ1) is 21.4. The summed E-state index contributed by atoms with van der Waals surface area (Å²) in [5.74, 6) is 0. The Labute approximate surface area is 265 Å². The van der Waals surface area contributed by atoms with Gasteiger partial charge in [-0.2, -0.15) is 0 Å². The van der Waals surface area contributed by atoms with Crippen molar-refractivity contribution >= 4 is 59.9 Å². The van der Waals surface area contributed by atoms with E-state index in [0.29, 0.717) is 0 Å². The maximum absolute atomic E-state index is 4.97. The third-order valence-electron chi connectivity index (χ3n) is 9.59. The van der Waals surface area contributed by atoms with E-state index < -0.39 is 0 Å². The minimum atomic E-state index is 0.101. The molecule has 8 aromatic rings. The van der Waals surface area contributed by atoms with Crippen LogP contribution in [0.1, 0.15) is 58.2 Å². The Hall–Kier alpha value is -4.50. The number of nitrogens with zero attached hydrogens (tertiary/aromatic N) is 3. The molecule has 0 atom stereocenters. The summed E-state index contributed by atoms with van der Waals surface area (Å²) in [5.41, 5.74) is 13.2. The Kier molecular flexibility index (Phi) is 5.91. The Morgan fingerprint density at radius 1 is 0.689 bits per heavy atom. The van der Waals surface area contributed by atoms with Gasteiger partial charge in [0.1, 0.15) is 5.52 Å². The SMILES string of the molecule is Cc1c2cc(CC(C)(C)C)ccc2c(CC(C)(C)C)c2c1c1c3c(ccc4c5c(-c6ccccc6)cccc5n2c43)nc[n+]1C. The number of hydrogen-bond donors (Lipinski definition) is 0. The molecule has 3 aromatic heterocycles. The minimum absolute atomic E-state index is 0.101.